The SMILES string of the molecule is CCCCCCCCCCCCCCCCCC[N+](C)(C)CC(O)C[N+](C)(C)C.[Cl-].[Cl-]. The van der Waals surface area contributed by atoms with Gasteiger partial charge in [0.25, 0.3) is 0 Å². The van der Waals surface area contributed by atoms with E-state index < -0.39 is 0 Å². The summed E-state index contributed by atoms with van der Waals surface area (Å²) in [4.78, 5) is 0. The zero-order valence-electron chi connectivity index (χ0n) is 22.1. The van der Waals surface area contributed by atoms with Crippen molar-refractivity contribution >= 4 is 0 Å². The van der Waals surface area contributed by atoms with Crippen molar-refractivity contribution in [3.8, 4) is 0 Å². The van der Waals surface area contributed by atoms with Gasteiger partial charge >= 0.3 is 0 Å². The molecule has 0 bridgehead atoms. The van der Waals surface area contributed by atoms with Crippen LogP contribution in [0.5, 0.6) is 0 Å². The Morgan fingerprint density at radius 3 is 1.16 bits per heavy atom. The first-order valence-electron chi connectivity index (χ1n) is 13.0. The molecule has 0 aromatic carbocycles. The van der Waals surface area contributed by atoms with Gasteiger partial charge in [0.15, 0.2) is 6.10 Å². The zero-order valence-corrected chi connectivity index (χ0v) is 23.6. The molecule has 0 aliphatic heterocycles. The number of halogens is 2. The van der Waals surface area contributed by atoms with E-state index in [0.717, 1.165) is 22.1 Å². The van der Waals surface area contributed by atoms with E-state index in [9.17, 15) is 5.11 Å². The maximum atomic E-state index is 10.3. The van der Waals surface area contributed by atoms with Crippen molar-refractivity contribution in [2.24, 2.45) is 0 Å². The fourth-order valence-corrected chi connectivity index (χ4v) is 4.44. The third-order valence-corrected chi connectivity index (χ3v) is 6.08. The van der Waals surface area contributed by atoms with Crippen molar-refractivity contribution in [2.75, 3.05) is 54.9 Å². The van der Waals surface area contributed by atoms with Crippen LogP contribution in [0.1, 0.15) is 110 Å². The van der Waals surface area contributed by atoms with E-state index in [4.69, 9.17) is 0 Å². The molecule has 0 saturated heterocycles. The Balaban J connectivity index is -0.00000392. The number of aliphatic hydroxyl groups excluding tert-OH is 1. The predicted octanol–water partition coefficient (Wildman–Crippen LogP) is 0.399. The van der Waals surface area contributed by atoms with Crippen LogP contribution in [0.3, 0.4) is 0 Å². The van der Waals surface area contributed by atoms with Crippen LogP contribution in [0.2, 0.25) is 0 Å². The molecule has 0 aliphatic rings. The number of unbranched alkanes of at least 4 members (excludes halogenated alkanes) is 15. The maximum Gasteiger partial charge on any atom is 0.152 e. The number of nitrogens with zero attached hydrogens (tertiary/aromatic N) is 2. The minimum atomic E-state index is -0.203. The molecule has 0 fully saturated rings. The van der Waals surface area contributed by atoms with Crippen LogP contribution in [-0.2, 0) is 0 Å². The molecule has 3 nitrogen and oxygen atoms in total. The molecule has 0 aliphatic carbocycles. The molecule has 1 atom stereocenters. The van der Waals surface area contributed by atoms with E-state index in [1.165, 1.54) is 109 Å². The van der Waals surface area contributed by atoms with Crippen LogP contribution >= 0.6 is 0 Å². The fraction of sp³-hybridized carbons (Fsp3) is 1.00. The van der Waals surface area contributed by atoms with Gasteiger partial charge in [-0.3, -0.25) is 0 Å². The van der Waals surface area contributed by atoms with Crippen LogP contribution in [0.15, 0.2) is 0 Å². The Morgan fingerprint density at radius 1 is 0.516 bits per heavy atom. The molecule has 0 heterocycles. The lowest BCUT2D eigenvalue weighted by atomic mass is 10.0. The van der Waals surface area contributed by atoms with E-state index >= 15 is 0 Å². The molecule has 0 spiro atoms. The molecule has 0 saturated carbocycles. The Bertz CT molecular complexity index is 360. The van der Waals surface area contributed by atoms with E-state index in [2.05, 4.69) is 42.2 Å². The number of rotatable bonds is 21. The number of aliphatic hydroxyl groups is 1. The number of hydrogen-bond acceptors (Lipinski definition) is 1. The monoisotopic (exact) mass is 484 g/mol. The van der Waals surface area contributed by atoms with Crippen molar-refractivity contribution in [1.82, 2.24) is 0 Å². The van der Waals surface area contributed by atoms with Gasteiger partial charge in [-0.25, -0.2) is 0 Å². The number of quaternary nitrogens is 2. The van der Waals surface area contributed by atoms with Gasteiger partial charge in [0.2, 0.25) is 0 Å². The summed E-state index contributed by atoms with van der Waals surface area (Å²) in [6.45, 7) is 5.18. The number of likely N-dealkylation sites (N-methyl/N-ethyl adjacent to an activating group) is 2. The average molecular weight is 486 g/mol. The third kappa shape index (κ3) is 28.4. The Kier molecular flexibility index (Phi) is 25.9. The highest BCUT2D eigenvalue weighted by atomic mass is 35.5. The second-order valence-corrected chi connectivity index (χ2v) is 11.3. The van der Waals surface area contributed by atoms with Crippen LogP contribution < -0.4 is 24.8 Å². The Labute approximate surface area is 209 Å². The van der Waals surface area contributed by atoms with Gasteiger partial charge in [0.05, 0.1) is 41.8 Å². The smallest absolute Gasteiger partial charge is 0.152 e. The van der Waals surface area contributed by atoms with Gasteiger partial charge in [-0.15, -0.1) is 0 Å². The summed E-state index contributed by atoms with van der Waals surface area (Å²) in [6, 6.07) is 0. The molecular formula is C26H58Cl2N2O. The minimum absolute atomic E-state index is 0. The van der Waals surface area contributed by atoms with Crippen molar-refractivity contribution in [1.29, 1.82) is 0 Å². The summed E-state index contributed by atoms with van der Waals surface area (Å²) in [6.07, 6.45) is 22.6. The van der Waals surface area contributed by atoms with Crippen molar-refractivity contribution in [3.63, 3.8) is 0 Å². The average Bonchev–Trinajstić information content (AvgIpc) is 2.59. The van der Waals surface area contributed by atoms with Crippen LogP contribution in [-0.4, -0.2) is 75.0 Å². The first-order valence-corrected chi connectivity index (χ1v) is 13.0. The highest BCUT2D eigenvalue weighted by Gasteiger charge is 2.24. The first-order chi connectivity index (χ1) is 13.7. The molecule has 5 heteroatoms. The largest absolute Gasteiger partial charge is 1.00 e. The highest BCUT2D eigenvalue weighted by Crippen LogP contribution is 2.14. The first kappa shape index (κ1) is 36.0. The minimum Gasteiger partial charge on any atom is -1.00 e. The van der Waals surface area contributed by atoms with E-state index in [1.807, 2.05) is 0 Å². The number of hydrogen-bond donors (Lipinski definition) is 1. The van der Waals surface area contributed by atoms with Gasteiger partial charge in [-0.2, -0.15) is 0 Å². The lowest BCUT2D eigenvalue weighted by Gasteiger charge is -2.34. The lowest BCUT2D eigenvalue weighted by Crippen LogP contribution is -3.00. The van der Waals surface area contributed by atoms with Crippen molar-refractivity contribution in [3.05, 3.63) is 0 Å². The van der Waals surface area contributed by atoms with Gasteiger partial charge in [-0.05, 0) is 12.8 Å². The van der Waals surface area contributed by atoms with E-state index in [1.54, 1.807) is 0 Å². The summed E-state index contributed by atoms with van der Waals surface area (Å²) in [5.74, 6) is 0. The molecule has 31 heavy (non-hydrogen) atoms. The Hall–Kier alpha value is 0.460. The maximum absolute atomic E-state index is 10.3. The van der Waals surface area contributed by atoms with Crippen molar-refractivity contribution < 1.29 is 38.9 Å². The predicted molar refractivity (Wildman–Crippen MR) is 130 cm³/mol. The van der Waals surface area contributed by atoms with Gasteiger partial charge in [-0.1, -0.05) is 96.8 Å². The van der Waals surface area contributed by atoms with E-state index in [0.29, 0.717) is 0 Å². The molecule has 0 radical (unpaired) electrons. The standard InChI is InChI=1S/C26H58N2O.2ClH/c1-7-8-9-10-11-12-13-14-15-16-17-18-19-20-21-22-23-28(5,6)25-26(29)24-27(2,3)4;;/h26,29H,7-25H2,1-6H3;2*1H/q+2;;/p-2. The summed E-state index contributed by atoms with van der Waals surface area (Å²) < 4.78 is 1.78. The second kappa shape index (κ2) is 22.3. The van der Waals surface area contributed by atoms with Crippen LogP contribution in [0, 0.1) is 0 Å². The van der Waals surface area contributed by atoms with Crippen molar-refractivity contribution in [2.45, 2.75) is 116 Å². The topological polar surface area (TPSA) is 20.2 Å². The molecule has 0 rings (SSSR count). The fourth-order valence-electron chi connectivity index (χ4n) is 4.44. The molecule has 1 N–H and O–H groups in total. The summed E-state index contributed by atoms with van der Waals surface area (Å²) in [5, 5.41) is 10.3. The summed E-state index contributed by atoms with van der Waals surface area (Å²) >= 11 is 0. The summed E-state index contributed by atoms with van der Waals surface area (Å²) in [7, 11) is 11.0. The molecule has 1 unspecified atom stereocenters. The van der Waals surface area contributed by atoms with Crippen LogP contribution in [0.25, 0.3) is 0 Å². The van der Waals surface area contributed by atoms with E-state index in [-0.39, 0.29) is 30.9 Å². The molecule has 0 amide bonds. The molecule has 192 valence electrons. The van der Waals surface area contributed by atoms with Crippen LogP contribution in [0.4, 0.5) is 0 Å². The highest BCUT2D eigenvalue weighted by molar-refractivity contribution is 4.53. The molecular weight excluding hydrogens is 427 g/mol. The molecule has 0 aromatic heterocycles. The Morgan fingerprint density at radius 2 is 0.839 bits per heavy atom. The lowest BCUT2D eigenvalue weighted by molar-refractivity contribution is -0.907. The molecule has 0 aromatic rings. The van der Waals surface area contributed by atoms with Gasteiger partial charge in [0.1, 0.15) is 13.1 Å². The zero-order chi connectivity index (χ0) is 22.0. The second-order valence-electron chi connectivity index (χ2n) is 11.3. The van der Waals surface area contributed by atoms with Gasteiger partial charge < -0.3 is 38.9 Å². The summed E-state index contributed by atoms with van der Waals surface area (Å²) in [5.41, 5.74) is 0. The van der Waals surface area contributed by atoms with Gasteiger partial charge in [0, 0.05) is 0 Å². The quantitative estimate of drug-likeness (QED) is 0.184. The third-order valence-electron chi connectivity index (χ3n) is 6.08. The normalized spacial score (nSPS) is 12.9.